The molecule has 0 spiro atoms. The third kappa shape index (κ3) is 5.41. The average molecular weight is 429 g/mol. The number of morpholine rings is 1. The predicted octanol–water partition coefficient (Wildman–Crippen LogP) is 1.83. The zero-order valence-corrected chi connectivity index (χ0v) is 17.5. The lowest BCUT2D eigenvalue weighted by Gasteiger charge is -2.37. The molecule has 2 fully saturated rings. The molecule has 2 saturated heterocycles. The second-order valence-electron chi connectivity index (χ2n) is 7.95. The maximum atomic E-state index is 13.5. The smallest absolute Gasteiger partial charge is 0.317 e. The fourth-order valence-electron chi connectivity index (χ4n) is 4.11. The number of carbonyl (C=O) groups is 1. The molecule has 1 aromatic heterocycles. The van der Waals surface area contributed by atoms with Gasteiger partial charge in [-0.2, -0.15) is 5.10 Å². The Bertz CT molecular complexity index is 960. The van der Waals surface area contributed by atoms with Gasteiger partial charge in [-0.3, -0.25) is 4.79 Å². The zero-order chi connectivity index (χ0) is 21.6. The zero-order valence-electron chi connectivity index (χ0n) is 17.5. The fourth-order valence-corrected chi connectivity index (χ4v) is 4.11. The Morgan fingerprint density at radius 3 is 2.81 bits per heavy atom. The molecular weight excluding hydrogens is 401 g/mol. The number of anilines is 1. The molecule has 4 rings (SSSR count). The Labute approximate surface area is 180 Å². The van der Waals surface area contributed by atoms with Gasteiger partial charge in [-0.1, -0.05) is 12.1 Å². The SMILES string of the molecule is O=C(NCC1CCCCN1c1ccc(=O)n(Cc2cccc(F)c2)n1)N1CCOCC1. The van der Waals surface area contributed by atoms with Crippen molar-refractivity contribution in [1.82, 2.24) is 20.0 Å². The summed E-state index contributed by atoms with van der Waals surface area (Å²) >= 11 is 0. The van der Waals surface area contributed by atoms with Crippen LogP contribution in [0, 0.1) is 5.82 Å². The minimum atomic E-state index is -0.339. The Morgan fingerprint density at radius 1 is 1.16 bits per heavy atom. The number of urea groups is 1. The van der Waals surface area contributed by atoms with Crippen LogP contribution in [-0.4, -0.2) is 66.1 Å². The molecule has 1 N–H and O–H groups in total. The number of ether oxygens (including phenoxy) is 1. The number of piperidine rings is 1. The van der Waals surface area contributed by atoms with Crippen molar-refractivity contribution in [3.8, 4) is 0 Å². The van der Waals surface area contributed by atoms with E-state index in [-0.39, 0.29) is 30.0 Å². The van der Waals surface area contributed by atoms with Gasteiger partial charge in [-0.05, 0) is 43.0 Å². The standard InChI is InChI=1S/C22H28FN5O3/c23-18-5-3-4-17(14-18)16-28-21(29)8-7-20(25-28)27-9-2-1-6-19(27)15-24-22(30)26-10-12-31-13-11-26/h3-5,7-8,14,19H,1-2,6,9-13,15-16H2,(H,24,30). The largest absolute Gasteiger partial charge is 0.378 e. The van der Waals surface area contributed by atoms with E-state index in [0.717, 1.165) is 25.8 Å². The number of aromatic nitrogens is 2. The summed E-state index contributed by atoms with van der Waals surface area (Å²) in [6.45, 7) is 3.87. The summed E-state index contributed by atoms with van der Waals surface area (Å²) in [5.41, 5.74) is 0.446. The van der Waals surface area contributed by atoms with E-state index in [0.29, 0.717) is 44.2 Å². The molecule has 0 bridgehead atoms. The third-order valence-corrected chi connectivity index (χ3v) is 5.78. The van der Waals surface area contributed by atoms with Crippen molar-refractivity contribution in [3.63, 3.8) is 0 Å². The van der Waals surface area contributed by atoms with Crippen LogP contribution < -0.4 is 15.8 Å². The van der Waals surface area contributed by atoms with Gasteiger partial charge >= 0.3 is 6.03 Å². The van der Waals surface area contributed by atoms with Gasteiger partial charge in [-0.25, -0.2) is 13.9 Å². The van der Waals surface area contributed by atoms with E-state index in [2.05, 4.69) is 15.3 Å². The van der Waals surface area contributed by atoms with Crippen LogP contribution in [0.3, 0.4) is 0 Å². The van der Waals surface area contributed by atoms with Crippen LogP contribution >= 0.6 is 0 Å². The van der Waals surface area contributed by atoms with Gasteiger partial charge in [0.25, 0.3) is 5.56 Å². The average Bonchev–Trinajstić information content (AvgIpc) is 2.80. The minimum Gasteiger partial charge on any atom is -0.378 e. The van der Waals surface area contributed by atoms with Gasteiger partial charge in [0.15, 0.2) is 0 Å². The molecule has 1 aromatic carbocycles. The second-order valence-corrected chi connectivity index (χ2v) is 7.95. The number of carbonyl (C=O) groups excluding carboxylic acids is 1. The minimum absolute atomic E-state index is 0.0714. The Kier molecular flexibility index (Phi) is 6.81. The van der Waals surface area contributed by atoms with E-state index in [4.69, 9.17) is 4.74 Å². The van der Waals surface area contributed by atoms with E-state index in [1.54, 1.807) is 23.1 Å². The molecule has 2 amide bonds. The van der Waals surface area contributed by atoms with Crippen LogP contribution in [0.4, 0.5) is 15.0 Å². The lowest BCUT2D eigenvalue weighted by Crippen LogP contribution is -2.52. The van der Waals surface area contributed by atoms with E-state index >= 15 is 0 Å². The maximum Gasteiger partial charge on any atom is 0.317 e. The predicted molar refractivity (Wildman–Crippen MR) is 115 cm³/mol. The number of rotatable bonds is 5. The van der Waals surface area contributed by atoms with E-state index in [9.17, 15) is 14.0 Å². The maximum absolute atomic E-state index is 13.5. The van der Waals surface area contributed by atoms with Crippen molar-refractivity contribution in [1.29, 1.82) is 0 Å². The summed E-state index contributed by atoms with van der Waals surface area (Å²) < 4.78 is 20.2. The van der Waals surface area contributed by atoms with E-state index in [1.807, 2.05) is 0 Å². The third-order valence-electron chi connectivity index (χ3n) is 5.78. The highest BCUT2D eigenvalue weighted by molar-refractivity contribution is 5.74. The lowest BCUT2D eigenvalue weighted by atomic mass is 10.0. The lowest BCUT2D eigenvalue weighted by molar-refractivity contribution is 0.0531. The van der Waals surface area contributed by atoms with Crippen LogP contribution in [0.1, 0.15) is 24.8 Å². The van der Waals surface area contributed by atoms with Crippen molar-refractivity contribution in [2.24, 2.45) is 0 Å². The van der Waals surface area contributed by atoms with Crippen molar-refractivity contribution in [3.05, 3.63) is 58.1 Å². The van der Waals surface area contributed by atoms with Crippen LogP contribution in [0.25, 0.3) is 0 Å². The Hall–Kier alpha value is -2.94. The first-order valence-electron chi connectivity index (χ1n) is 10.8. The summed E-state index contributed by atoms with van der Waals surface area (Å²) in [6, 6.07) is 9.44. The van der Waals surface area contributed by atoms with Crippen molar-refractivity contribution in [2.75, 3.05) is 44.3 Å². The first-order valence-corrected chi connectivity index (χ1v) is 10.8. The quantitative estimate of drug-likeness (QED) is 0.785. The molecule has 8 nitrogen and oxygen atoms in total. The van der Waals surface area contributed by atoms with Crippen LogP contribution in [0.2, 0.25) is 0 Å². The summed E-state index contributed by atoms with van der Waals surface area (Å²) in [5, 5.41) is 7.60. The summed E-state index contributed by atoms with van der Waals surface area (Å²) in [5.74, 6) is 0.357. The summed E-state index contributed by atoms with van der Waals surface area (Å²) in [7, 11) is 0. The number of halogens is 1. The molecule has 2 aliphatic heterocycles. The molecule has 0 aliphatic carbocycles. The van der Waals surface area contributed by atoms with Gasteiger partial charge in [0.2, 0.25) is 0 Å². The van der Waals surface area contributed by atoms with Gasteiger partial charge in [-0.15, -0.1) is 0 Å². The molecule has 1 atom stereocenters. The molecule has 0 saturated carbocycles. The molecule has 9 heteroatoms. The fraction of sp³-hybridized carbons (Fsp3) is 0.500. The highest BCUT2D eigenvalue weighted by Gasteiger charge is 2.26. The molecule has 2 aromatic rings. The topological polar surface area (TPSA) is 79.7 Å². The highest BCUT2D eigenvalue weighted by atomic mass is 19.1. The number of hydrogen-bond acceptors (Lipinski definition) is 5. The van der Waals surface area contributed by atoms with Gasteiger partial charge < -0.3 is 19.9 Å². The van der Waals surface area contributed by atoms with E-state index < -0.39 is 0 Å². The second kappa shape index (κ2) is 9.91. The van der Waals surface area contributed by atoms with Crippen LogP contribution in [0.5, 0.6) is 0 Å². The van der Waals surface area contributed by atoms with Crippen LogP contribution in [-0.2, 0) is 11.3 Å². The molecule has 0 radical (unpaired) electrons. The number of hydrogen-bond donors (Lipinski definition) is 1. The molecule has 3 heterocycles. The highest BCUT2D eigenvalue weighted by Crippen LogP contribution is 2.22. The van der Waals surface area contributed by atoms with Crippen molar-refractivity contribution >= 4 is 11.8 Å². The molecule has 31 heavy (non-hydrogen) atoms. The van der Waals surface area contributed by atoms with E-state index in [1.165, 1.54) is 22.9 Å². The van der Waals surface area contributed by atoms with Gasteiger partial charge in [0, 0.05) is 38.3 Å². The molecule has 166 valence electrons. The van der Waals surface area contributed by atoms with Crippen LogP contribution in [0.15, 0.2) is 41.2 Å². The Morgan fingerprint density at radius 2 is 2.00 bits per heavy atom. The molecular formula is C22H28FN5O3. The normalized spacial score (nSPS) is 19.3. The number of nitrogens with one attached hydrogen (secondary N) is 1. The first-order chi connectivity index (χ1) is 15.1. The van der Waals surface area contributed by atoms with Crippen molar-refractivity contribution in [2.45, 2.75) is 31.8 Å². The van der Waals surface area contributed by atoms with Gasteiger partial charge in [0.1, 0.15) is 11.6 Å². The summed E-state index contributed by atoms with van der Waals surface area (Å²) in [6.07, 6.45) is 3.05. The molecule has 1 unspecified atom stereocenters. The molecule has 2 aliphatic rings. The van der Waals surface area contributed by atoms with Gasteiger partial charge in [0.05, 0.1) is 19.8 Å². The number of amides is 2. The summed E-state index contributed by atoms with van der Waals surface area (Å²) in [4.78, 5) is 28.7. The monoisotopic (exact) mass is 429 g/mol. The van der Waals surface area contributed by atoms with Crippen molar-refractivity contribution < 1.29 is 13.9 Å². The first kappa shape index (κ1) is 21.3. The number of benzene rings is 1. The Balaban J connectivity index is 1.46. The number of nitrogens with zero attached hydrogens (tertiary/aromatic N) is 4.